The molecule has 4 rings (SSSR count). The topological polar surface area (TPSA) is 87.5 Å². The van der Waals surface area contributed by atoms with E-state index in [1.54, 1.807) is 6.07 Å². The monoisotopic (exact) mass is 420 g/mol. The van der Waals surface area contributed by atoms with Crippen LogP contribution in [0.5, 0.6) is 0 Å². The summed E-state index contributed by atoms with van der Waals surface area (Å²) in [5, 5.41) is 5.73. The van der Waals surface area contributed by atoms with Gasteiger partial charge < -0.3 is 16.4 Å². The number of aryl methyl sites for hydroxylation is 1. The molecule has 164 valence electrons. The molecule has 0 aromatic heterocycles. The fourth-order valence-electron chi connectivity index (χ4n) is 4.77. The van der Waals surface area contributed by atoms with Gasteiger partial charge in [-0.2, -0.15) is 0 Å². The summed E-state index contributed by atoms with van der Waals surface area (Å²) in [6, 6.07) is 18.4. The van der Waals surface area contributed by atoms with Gasteiger partial charge in [-0.05, 0) is 50.3 Å². The summed E-state index contributed by atoms with van der Waals surface area (Å²) in [5.74, 6) is -0.362. The first-order chi connectivity index (χ1) is 14.9. The van der Waals surface area contributed by atoms with Gasteiger partial charge >= 0.3 is 0 Å². The number of hydrogen-bond acceptors (Lipinski definition) is 4. The Balaban J connectivity index is 1.16. The molecule has 0 radical (unpaired) electrons. The zero-order chi connectivity index (χ0) is 21.8. The van der Waals surface area contributed by atoms with Crippen LogP contribution >= 0.6 is 0 Å². The molecule has 2 aliphatic rings. The molecule has 1 heterocycles. The number of amides is 2. The van der Waals surface area contributed by atoms with Gasteiger partial charge in [0.25, 0.3) is 5.91 Å². The summed E-state index contributed by atoms with van der Waals surface area (Å²) >= 11 is 0. The maximum Gasteiger partial charge on any atom is 0.251 e. The maximum absolute atomic E-state index is 12.2. The molecule has 0 spiro atoms. The van der Waals surface area contributed by atoms with Crippen molar-refractivity contribution in [3.8, 4) is 0 Å². The first-order valence-corrected chi connectivity index (χ1v) is 11.2. The lowest BCUT2D eigenvalue weighted by Gasteiger charge is -2.48. The molecule has 1 saturated carbocycles. The lowest BCUT2D eigenvalue weighted by atomic mass is 9.75. The Morgan fingerprint density at radius 2 is 1.77 bits per heavy atom. The number of nitrogens with one attached hydrogen (secondary N) is 2. The van der Waals surface area contributed by atoms with Crippen LogP contribution in [0, 0.1) is 6.92 Å². The Morgan fingerprint density at radius 3 is 2.45 bits per heavy atom. The molecular formula is C25H32N4O2. The van der Waals surface area contributed by atoms with Gasteiger partial charge in [0.15, 0.2) is 0 Å². The quantitative estimate of drug-likeness (QED) is 0.669. The molecule has 2 aromatic rings. The summed E-state index contributed by atoms with van der Waals surface area (Å²) in [7, 11) is 0. The highest BCUT2D eigenvalue weighted by Crippen LogP contribution is 2.37. The van der Waals surface area contributed by atoms with Crippen molar-refractivity contribution in [3.05, 3.63) is 71.3 Å². The average molecular weight is 421 g/mol. The summed E-state index contributed by atoms with van der Waals surface area (Å²) in [6.07, 6.45) is 4.14. The summed E-state index contributed by atoms with van der Waals surface area (Å²) in [6.45, 7) is 3.67. The number of likely N-dealkylation sites (tertiary alicyclic amines) is 1. The number of hydrogen-bond donors (Lipinski definition) is 3. The maximum atomic E-state index is 12.2. The van der Waals surface area contributed by atoms with Gasteiger partial charge in [-0.3, -0.25) is 14.5 Å². The minimum absolute atomic E-state index is 0.000523. The Morgan fingerprint density at radius 1 is 1.06 bits per heavy atom. The molecule has 1 saturated heterocycles. The molecule has 0 atom stereocenters. The Bertz CT molecular complexity index is 916. The van der Waals surface area contributed by atoms with Gasteiger partial charge in [0.1, 0.15) is 0 Å². The van der Waals surface area contributed by atoms with E-state index < -0.39 is 0 Å². The Labute approximate surface area is 184 Å². The molecule has 31 heavy (non-hydrogen) atoms. The molecule has 2 fully saturated rings. The van der Waals surface area contributed by atoms with Gasteiger partial charge in [-0.25, -0.2) is 0 Å². The van der Waals surface area contributed by atoms with E-state index in [0.717, 1.165) is 44.3 Å². The van der Waals surface area contributed by atoms with Crippen LogP contribution in [-0.2, 0) is 10.3 Å². The zero-order valence-electron chi connectivity index (χ0n) is 18.1. The van der Waals surface area contributed by atoms with Crippen LogP contribution in [0.15, 0.2) is 54.6 Å². The number of rotatable bonds is 6. The van der Waals surface area contributed by atoms with Gasteiger partial charge in [-0.15, -0.1) is 0 Å². The molecule has 1 aliphatic heterocycles. The van der Waals surface area contributed by atoms with Crippen molar-refractivity contribution in [1.29, 1.82) is 0 Å². The summed E-state index contributed by atoms with van der Waals surface area (Å²) in [5.41, 5.74) is 9.30. The van der Waals surface area contributed by atoms with Gasteiger partial charge in [0.05, 0.1) is 12.6 Å². The van der Waals surface area contributed by atoms with E-state index in [-0.39, 0.29) is 29.9 Å². The number of nitrogens with zero attached hydrogens (tertiary/aromatic N) is 1. The zero-order valence-corrected chi connectivity index (χ0v) is 18.1. The van der Waals surface area contributed by atoms with Crippen molar-refractivity contribution >= 4 is 11.8 Å². The second kappa shape index (κ2) is 9.20. The van der Waals surface area contributed by atoms with E-state index in [1.165, 1.54) is 5.56 Å². The molecule has 0 bridgehead atoms. The van der Waals surface area contributed by atoms with Crippen molar-refractivity contribution in [1.82, 2.24) is 15.5 Å². The standard InChI is InChI=1S/C25H32N4O2/c1-18-6-5-7-19(14-18)24(31)27-15-23(30)28-21-16-29(17-21)22-10-12-25(26,13-11-22)20-8-3-2-4-9-20/h2-9,14,21-22H,10-13,15-17,26H2,1H3,(H,27,31)(H,28,30). The van der Waals surface area contributed by atoms with Crippen LogP contribution in [0.2, 0.25) is 0 Å². The van der Waals surface area contributed by atoms with E-state index in [2.05, 4.69) is 39.8 Å². The SMILES string of the molecule is Cc1cccc(C(=O)NCC(=O)NC2CN(C3CCC(N)(c4ccccc4)CC3)C2)c1. The molecule has 2 aromatic carbocycles. The predicted molar refractivity (Wildman–Crippen MR) is 122 cm³/mol. The number of nitrogens with two attached hydrogens (primary N) is 1. The highest BCUT2D eigenvalue weighted by Gasteiger charge is 2.39. The van der Waals surface area contributed by atoms with Crippen molar-refractivity contribution in [3.63, 3.8) is 0 Å². The second-order valence-corrected chi connectivity index (χ2v) is 9.02. The molecule has 0 unspecified atom stereocenters. The number of carbonyl (C=O) groups excluding carboxylic acids is 2. The lowest BCUT2D eigenvalue weighted by Crippen LogP contribution is -2.63. The Hall–Kier alpha value is -2.70. The number of benzene rings is 2. The minimum Gasteiger partial charge on any atom is -0.349 e. The fourth-order valence-corrected chi connectivity index (χ4v) is 4.77. The smallest absolute Gasteiger partial charge is 0.251 e. The first-order valence-electron chi connectivity index (χ1n) is 11.2. The van der Waals surface area contributed by atoms with E-state index in [9.17, 15) is 9.59 Å². The van der Waals surface area contributed by atoms with Crippen molar-refractivity contribution < 1.29 is 9.59 Å². The normalized spacial score (nSPS) is 24.3. The fraction of sp³-hybridized carbons (Fsp3) is 0.440. The van der Waals surface area contributed by atoms with Crippen LogP contribution < -0.4 is 16.4 Å². The van der Waals surface area contributed by atoms with Crippen LogP contribution in [0.25, 0.3) is 0 Å². The van der Waals surface area contributed by atoms with Crippen molar-refractivity contribution in [2.75, 3.05) is 19.6 Å². The highest BCUT2D eigenvalue weighted by atomic mass is 16.2. The van der Waals surface area contributed by atoms with Crippen LogP contribution in [0.4, 0.5) is 0 Å². The first kappa shape index (κ1) is 21.5. The van der Waals surface area contributed by atoms with Crippen LogP contribution in [-0.4, -0.2) is 48.4 Å². The third-order valence-corrected chi connectivity index (χ3v) is 6.68. The minimum atomic E-state index is -0.222. The predicted octanol–water partition coefficient (Wildman–Crippen LogP) is 2.32. The Kier molecular flexibility index (Phi) is 6.39. The average Bonchev–Trinajstić information content (AvgIpc) is 2.76. The summed E-state index contributed by atoms with van der Waals surface area (Å²) < 4.78 is 0. The molecule has 6 heteroatoms. The van der Waals surface area contributed by atoms with Crippen molar-refractivity contribution in [2.24, 2.45) is 5.73 Å². The third kappa shape index (κ3) is 5.14. The molecule has 2 amide bonds. The van der Waals surface area contributed by atoms with Gasteiger partial charge in [0, 0.05) is 30.2 Å². The van der Waals surface area contributed by atoms with Gasteiger partial charge in [0.2, 0.25) is 5.91 Å². The second-order valence-electron chi connectivity index (χ2n) is 9.02. The lowest BCUT2D eigenvalue weighted by molar-refractivity contribution is -0.122. The van der Waals surface area contributed by atoms with Gasteiger partial charge in [-0.1, -0.05) is 48.0 Å². The molecule has 1 aliphatic carbocycles. The molecule has 4 N–H and O–H groups in total. The third-order valence-electron chi connectivity index (χ3n) is 6.68. The van der Waals surface area contributed by atoms with Crippen molar-refractivity contribution in [2.45, 2.75) is 50.2 Å². The van der Waals surface area contributed by atoms with Crippen LogP contribution in [0.1, 0.15) is 47.2 Å². The van der Waals surface area contributed by atoms with E-state index in [1.807, 2.05) is 31.2 Å². The molecular weight excluding hydrogens is 388 g/mol. The van der Waals surface area contributed by atoms with Crippen LogP contribution in [0.3, 0.4) is 0 Å². The molecule has 6 nitrogen and oxygen atoms in total. The van der Waals surface area contributed by atoms with E-state index in [0.29, 0.717) is 11.6 Å². The van der Waals surface area contributed by atoms with E-state index >= 15 is 0 Å². The van der Waals surface area contributed by atoms with E-state index in [4.69, 9.17) is 5.73 Å². The summed E-state index contributed by atoms with van der Waals surface area (Å²) in [4.78, 5) is 26.8. The highest BCUT2D eigenvalue weighted by molar-refractivity contribution is 5.96. The number of carbonyl (C=O) groups is 2. The largest absolute Gasteiger partial charge is 0.349 e.